The van der Waals surface area contributed by atoms with Gasteiger partial charge < -0.3 is 10.4 Å². The molecule has 0 bridgehead atoms. The largest absolute Gasteiger partial charge is 0.507 e. The fourth-order valence-electron chi connectivity index (χ4n) is 2.29. The summed E-state index contributed by atoms with van der Waals surface area (Å²) in [5.74, 6) is -0.733. The minimum absolute atomic E-state index is 0.0764. The average molecular weight is 409 g/mol. The number of amides is 1. The molecule has 0 spiro atoms. The molecule has 1 unspecified atom stereocenters. The first-order chi connectivity index (χ1) is 12.4. The Morgan fingerprint density at radius 2 is 1.85 bits per heavy atom. The lowest BCUT2D eigenvalue weighted by Gasteiger charge is -2.14. The van der Waals surface area contributed by atoms with Gasteiger partial charge in [-0.25, -0.2) is 8.42 Å². The molecule has 9 heteroatoms. The summed E-state index contributed by atoms with van der Waals surface area (Å²) in [6.45, 7) is 1.85. The zero-order valence-electron chi connectivity index (χ0n) is 13.7. The highest BCUT2D eigenvalue weighted by Crippen LogP contribution is 2.26. The van der Waals surface area contributed by atoms with E-state index in [9.17, 15) is 18.3 Å². The maximum Gasteiger partial charge on any atom is 0.271 e. The molecule has 1 amide bonds. The molecule has 0 aliphatic carbocycles. The molecule has 0 radical (unpaired) electrons. The summed E-state index contributed by atoms with van der Waals surface area (Å²) in [6, 6.07) is 10.8. The van der Waals surface area contributed by atoms with E-state index in [4.69, 9.17) is 0 Å². The van der Waals surface area contributed by atoms with Crippen LogP contribution in [-0.2, 0) is 10.0 Å². The second-order valence-corrected chi connectivity index (χ2v) is 9.32. The maximum absolute atomic E-state index is 12.4. The molecule has 1 aromatic carbocycles. The minimum atomic E-state index is -3.71. The van der Waals surface area contributed by atoms with Gasteiger partial charge in [0.25, 0.3) is 15.9 Å². The van der Waals surface area contributed by atoms with E-state index in [0.717, 1.165) is 16.2 Å². The number of phenolic OH excluding ortho intramolecular Hbond substituents is 1. The van der Waals surface area contributed by atoms with E-state index in [0.29, 0.717) is 0 Å². The Labute approximate surface area is 159 Å². The van der Waals surface area contributed by atoms with Crippen LogP contribution >= 0.6 is 22.7 Å². The Balaban J connectivity index is 1.74. The van der Waals surface area contributed by atoms with Gasteiger partial charge in [0.2, 0.25) is 0 Å². The van der Waals surface area contributed by atoms with Crippen molar-refractivity contribution in [3.05, 3.63) is 63.7 Å². The van der Waals surface area contributed by atoms with Gasteiger partial charge in [0.1, 0.15) is 9.96 Å². The van der Waals surface area contributed by atoms with E-state index in [1.165, 1.54) is 35.6 Å². The summed E-state index contributed by atoms with van der Waals surface area (Å²) in [7, 11) is -3.71. The molecule has 0 fully saturated rings. The highest BCUT2D eigenvalue weighted by Gasteiger charge is 2.18. The van der Waals surface area contributed by atoms with E-state index in [2.05, 4.69) is 10.0 Å². The molecule has 6 nitrogen and oxygen atoms in total. The number of rotatable bonds is 6. The Morgan fingerprint density at radius 3 is 2.46 bits per heavy atom. The van der Waals surface area contributed by atoms with Crippen LogP contribution in [0.15, 0.2) is 57.4 Å². The molecule has 0 saturated heterocycles. The van der Waals surface area contributed by atoms with E-state index in [1.807, 2.05) is 24.4 Å². The first kappa shape index (κ1) is 18.4. The van der Waals surface area contributed by atoms with Crippen molar-refractivity contribution in [2.45, 2.75) is 17.2 Å². The Hall–Kier alpha value is -2.36. The number of sulfonamides is 1. The number of thiophene rings is 2. The molecule has 3 N–H and O–H groups in total. The van der Waals surface area contributed by atoms with Crippen LogP contribution in [0.4, 0.5) is 5.69 Å². The van der Waals surface area contributed by atoms with Crippen LogP contribution in [0.2, 0.25) is 0 Å². The van der Waals surface area contributed by atoms with Crippen molar-refractivity contribution < 1.29 is 18.3 Å². The van der Waals surface area contributed by atoms with Crippen molar-refractivity contribution in [2.24, 2.45) is 0 Å². The molecule has 2 aromatic heterocycles. The number of carbonyl (C=O) groups is 1. The van der Waals surface area contributed by atoms with E-state index < -0.39 is 15.9 Å². The van der Waals surface area contributed by atoms with Crippen LogP contribution in [0.5, 0.6) is 5.75 Å². The molecular formula is C17H16N2O4S3. The molecular weight excluding hydrogens is 392 g/mol. The minimum Gasteiger partial charge on any atom is -0.507 e. The van der Waals surface area contributed by atoms with Crippen molar-refractivity contribution >= 4 is 44.3 Å². The fourth-order valence-corrected chi connectivity index (χ4v) is 5.07. The van der Waals surface area contributed by atoms with Crippen LogP contribution in [0, 0.1) is 0 Å². The van der Waals surface area contributed by atoms with Crippen molar-refractivity contribution in [2.75, 3.05) is 4.72 Å². The van der Waals surface area contributed by atoms with Crippen molar-refractivity contribution in [1.29, 1.82) is 0 Å². The van der Waals surface area contributed by atoms with Crippen LogP contribution in [0.1, 0.15) is 28.2 Å². The summed E-state index contributed by atoms with van der Waals surface area (Å²) < 4.78 is 27.0. The molecule has 1 atom stereocenters. The average Bonchev–Trinajstić information content (AvgIpc) is 3.28. The van der Waals surface area contributed by atoms with Gasteiger partial charge >= 0.3 is 0 Å². The quantitative estimate of drug-likeness (QED) is 0.578. The summed E-state index contributed by atoms with van der Waals surface area (Å²) in [4.78, 5) is 13.3. The standard InChI is InChI=1S/C17H16N2O4S3/c1-11(15-4-2-8-24-15)18-17(21)13-7-6-12(10-14(13)20)19-26(22,23)16-5-3-9-25-16/h2-11,19-20H,1H3,(H,18,21). The van der Waals surface area contributed by atoms with Gasteiger partial charge in [-0.1, -0.05) is 12.1 Å². The summed E-state index contributed by atoms with van der Waals surface area (Å²) >= 11 is 2.62. The van der Waals surface area contributed by atoms with Crippen LogP contribution in [0.25, 0.3) is 0 Å². The Morgan fingerprint density at radius 1 is 1.12 bits per heavy atom. The predicted molar refractivity (Wildman–Crippen MR) is 103 cm³/mol. The molecule has 0 aliphatic rings. The fraction of sp³-hybridized carbons (Fsp3) is 0.118. The second-order valence-electron chi connectivity index (χ2n) is 5.48. The number of hydrogen-bond acceptors (Lipinski definition) is 6. The highest BCUT2D eigenvalue weighted by atomic mass is 32.2. The zero-order valence-corrected chi connectivity index (χ0v) is 16.1. The molecule has 3 rings (SSSR count). The first-order valence-electron chi connectivity index (χ1n) is 7.60. The van der Waals surface area contributed by atoms with Gasteiger partial charge in [0.05, 0.1) is 17.3 Å². The third kappa shape index (κ3) is 4.06. The Bertz CT molecular complexity index is 997. The lowest BCUT2D eigenvalue weighted by atomic mass is 10.1. The number of phenols is 1. The summed E-state index contributed by atoms with van der Waals surface area (Å²) in [5, 5.41) is 16.5. The monoisotopic (exact) mass is 408 g/mol. The van der Waals surface area contributed by atoms with Gasteiger partial charge in [-0.05, 0) is 41.9 Å². The summed E-state index contributed by atoms with van der Waals surface area (Å²) in [6.07, 6.45) is 0. The third-order valence-electron chi connectivity index (χ3n) is 3.57. The lowest BCUT2D eigenvalue weighted by Crippen LogP contribution is -2.26. The zero-order chi connectivity index (χ0) is 18.7. The van der Waals surface area contributed by atoms with Gasteiger partial charge in [0.15, 0.2) is 0 Å². The molecule has 3 aromatic rings. The topological polar surface area (TPSA) is 95.5 Å². The highest BCUT2D eigenvalue weighted by molar-refractivity contribution is 7.94. The second kappa shape index (κ2) is 7.48. The van der Waals surface area contributed by atoms with E-state index >= 15 is 0 Å². The molecule has 0 aliphatic heterocycles. The number of benzene rings is 1. The first-order valence-corrected chi connectivity index (χ1v) is 10.8. The molecule has 136 valence electrons. The van der Waals surface area contributed by atoms with Gasteiger partial charge in [-0.3, -0.25) is 9.52 Å². The van der Waals surface area contributed by atoms with Crippen molar-refractivity contribution in [3.8, 4) is 5.75 Å². The van der Waals surface area contributed by atoms with Gasteiger partial charge in [-0.15, -0.1) is 22.7 Å². The van der Waals surface area contributed by atoms with Crippen LogP contribution in [0.3, 0.4) is 0 Å². The molecule has 0 saturated carbocycles. The SMILES string of the molecule is CC(NC(=O)c1ccc(NS(=O)(=O)c2cccs2)cc1O)c1cccs1. The number of carbonyl (C=O) groups excluding carboxylic acids is 1. The van der Waals surface area contributed by atoms with E-state index in [-0.39, 0.29) is 27.3 Å². The summed E-state index contributed by atoms with van der Waals surface area (Å²) in [5.41, 5.74) is 0.256. The number of nitrogens with one attached hydrogen (secondary N) is 2. The van der Waals surface area contributed by atoms with Gasteiger partial charge in [0, 0.05) is 10.9 Å². The molecule has 26 heavy (non-hydrogen) atoms. The van der Waals surface area contributed by atoms with Crippen molar-refractivity contribution in [3.63, 3.8) is 0 Å². The smallest absolute Gasteiger partial charge is 0.271 e. The van der Waals surface area contributed by atoms with Gasteiger partial charge in [-0.2, -0.15) is 0 Å². The Kier molecular flexibility index (Phi) is 5.30. The van der Waals surface area contributed by atoms with Crippen LogP contribution in [-0.4, -0.2) is 19.4 Å². The van der Waals surface area contributed by atoms with E-state index in [1.54, 1.807) is 11.4 Å². The number of anilines is 1. The van der Waals surface area contributed by atoms with Crippen molar-refractivity contribution in [1.82, 2.24) is 5.32 Å². The molecule has 2 heterocycles. The maximum atomic E-state index is 12.4. The van der Waals surface area contributed by atoms with Crippen LogP contribution < -0.4 is 10.0 Å². The number of hydrogen-bond donors (Lipinski definition) is 3. The predicted octanol–water partition coefficient (Wildman–Crippen LogP) is 3.81. The number of aromatic hydroxyl groups is 1. The third-order valence-corrected chi connectivity index (χ3v) is 7.41. The normalized spacial score (nSPS) is 12.5. The lowest BCUT2D eigenvalue weighted by molar-refractivity contribution is 0.0938.